The molecule has 0 aliphatic carbocycles. The van der Waals surface area contributed by atoms with Crippen molar-refractivity contribution in [2.24, 2.45) is 0 Å². The van der Waals surface area contributed by atoms with E-state index in [2.05, 4.69) is 18.8 Å². The molecule has 6 heteroatoms. The molecule has 0 fully saturated rings. The van der Waals surface area contributed by atoms with Crippen molar-refractivity contribution in [3.63, 3.8) is 0 Å². The number of pyridine rings is 1. The minimum atomic E-state index is -0.0707. The first-order chi connectivity index (χ1) is 14.5. The number of carbonyl (C=O) groups excluding carboxylic acids is 1. The summed E-state index contributed by atoms with van der Waals surface area (Å²) < 4.78 is 1.59. The molecule has 0 atom stereocenters. The number of Topliss-reactive ketones (excluding diaryl/α,β-unsaturated/α-hetero) is 1. The van der Waals surface area contributed by atoms with Gasteiger partial charge in [0.25, 0.3) is 0 Å². The van der Waals surface area contributed by atoms with Crippen molar-refractivity contribution in [3.05, 3.63) is 83.7 Å². The number of hydrogen-bond donors (Lipinski definition) is 2. The molecule has 0 aliphatic rings. The number of hydrogen-bond acceptors (Lipinski definition) is 3. The summed E-state index contributed by atoms with van der Waals surface area (Å²) in [7, 11) is 0. The monoisotopic (exact) mass is 476 g/mol. The molecule has 5 nitrogen and oxygen atoms in total. The number of ketones is 1. The summed E-state index contributed by atoms with van der Waals surface area (Å²) in [6.07, 6.45) is 3.74. The van der Waals surface area contributed by atoms with Gasteiger partial charge in [-0.25, -0.2) is 0 Å². The Morgan fingerprint density at radius 3 is 2.55 bits per heavy atom. The number of phenols is 1. The fourth-order valence-electron chi connectivity index (χ4n) is 4.14. The van der Waals surface area contributed by atoms with Gasteiger partial charge < -0.3 is 27.1 Å². The normalized spacial score (nSPS) is 11.0. The van der Waals surface area contributed by atoms with Crippen LogP contribution < -0.4 is 26.5 Å². The molecule has 2 heterocycles. The van der Waals surface area contributed by atoms with Gasteiger partial charge in [-0.2, -0.15) is 0 Å². The van der Waals surface area contributed by atoms with E-state index in [4.69, 9.17) is 4.84 Å². The Morgan fingerprint density at radius 1 is 1.00 bits per heavy atom. The second kappa shape index (κ2) is 8.04. The highest BCUT2D eigenvalue weighted by Gasteiger charge is 2.18. The third-order valence-corrected chi connectivity index (χ3v) is 5.72. The fourth-order valence-corrected chi connectivity index (χ4v) is 4.14. The maximum absolute atomic E-state index is 12.4. The van der Waals surface area contributed by atoms with E-state index in [9.17, 15) is 9.90 Å². The zero-order valence-corrected chi connectivity index (χ0v) is 18.7. The number of rotatable bonds is 4. The van der Waals surface area contributed by atoms with Crippen LogP contribution in [0.1, 0.15) is 21.5 Å². The Kier molecular flexibility index (Phi) is 5.41. The lowest BCUT2D eigenvalue weighted by Gasteiger charge is -2.08. The van der Waals surface area contributed by atoms with Gasteiger partial charge in [0.2, 0.25) is 24.8 Å². The zero-order valence-electron chi connectivity index (χ0n) is 17.1. The van der Waals surface area contributed by atoms with Crippen molar-refractivity contribution in [2.45, 2.75) is 13.8 Å². The summed E-state index contributed by atoms with van der Waals surface area (Å²) in [5.41, 5.74) is 4.91. The van der Waals surface area contributed by atoms with E-state index in [0.29, 0.717) is 5.56 Å². The molecule has 0 radical (unpaired) electrons. The van der Waals surface area contributed by atoms with Crippen LogP contribution in [0.5, 0.6) is 5.75 Å². The molecule has 5 rings (SSSR count). The van der Waals surface area contributed by atoms with Gasteiger partial charge >= 0.3 is 0 Å². The molecular weight excluding hydrogens is 456 g/mol. The first kappa shape index (κ1) is 20.9. The smallest absolute Gasteiger partial charge is 0.230 e. The number of phenolic OH excluding ortho intramolecular Hbond substituents is 1. The van der Waals surface area contributed by atoms with E-state index >= 15 is 0 Å². The highest BCUT2D eigenvalue weighted by molar-refractivity contribution is 6.16. The summed E-state index contributed by atoms with van der Waals surface area (Å²) in [5, 5.41) is 14.2. The molecule has 0 amide bonds. The quantitative estimate of drug-likeness (QED) is 0.304. The van der Waals surface area contributed by atoms with Gasteiger partial charge in [-0.3, -0.25) is 9.63 Å². The molecule has 2 aromatic heterocycles. The van der Waals surface area contributed by atoms with Crippen LogP contribution in [0.2, 0.25) is 0 Å². The van der Waals surface area contributed by atoms with Crippen molar-refractivity contribution >= 4 is 38.4 Å². The van der Waals surface area contributed by atoms with E-state index in [1.807, 2.05) is 42.7 Å². The number of aryl methyl sites for hydroxylation is 2. The van der Waals surface area contributed by atoms with Gasteiger partial charge in [-0.1, -0.05) is 30.3 Å². The molecule has 0 saturated heterocycles. The highest BCUT2D eigenvalue weighted by Crippen LogP contribution is 2.36. The van der Waals surface area contributed by atoms with Crippen LogP contribution in [0.25, 0.3) is 32.6 Å². The molecule has 5 aromatic rings. The first-order valence-electron chi connectivity index (χ1n) is 9.83. The number of aromatic nitrogens is 2. The lowest BCUT2D eigenvalue weighted by molar-refractivity contribution is -0.888. The van der Waals surface area contributed by atoms with Crippen LogP contribution in [0, 0.1) is 13.8 Å². The average Bonchev–Trinajstić information content (AvgIpc) is 3.15. The van der Waals surface area contributed by atoms with Crippen LogP contribution >= 0.6 is 0 Å². The lowest BCUT2D eigenvalue weighted by Crippen LogP contribution is -3.00. The topological polar surface area (TPSA) is 66.2 Å². The van der Waals surface area contributed by atoms with Gasteiger partial charge in [0.15, 0.2) is 0 Å². The van der Waals surface area contributed by atoms with Gasteiger partial charge in [-0.15, -0.1) is 0 Å². The van der Waals surface area contributed by atoms with Gasteiger partial charge in [0, 0.05) is 32.6 Å². The Morgan fingerprint density at radius 2 is 1.77 bits per heavy atom. The molecule has 0 unspecified atom stereocenters. The molecular formula is C25H21BrN2O3. The van der Waals surface area contributed by atoms with Crippen LogP contribution in [0.4, 0.5) is 0 Å². The molecule has 0 spiro atoms. The standard InChI is InChI=1S/C25H20N2O3.BrH/c1-15-21-13-27(30-14-23(29)17-6-4-3-5-7-17)11-10-19(21)16(2)25-24(15)20-12-18(28)8-9-22(20)26-25;/h3-13,28H,14H2,1-2H3;1H. The zero-order chi connectivity index (χ0) is 20.8. The van der Waals surface area contributed by atoms with Gasteiger partial charge in [0.1, 0.15) is 5.75 Å². The first-order valence-corrected chi connectivity index (χ1v) is 9.83. The number of aromatic amines is 1. The van der Waals surface area contributed by atoms with E-state index in [1.54, 1.807) is 29.0 Å². The van der Waals surface area contributed by atoms with Crippen molar-refractivity contribution < 1.29 is 36.5 Å². The van der Waals surface area contributed by atoms with Crippen molar-refractivity contribution in [1.82, 2.24) is 4.98 Å². The number of benzene rings is 3. The number of halogens is 1. The van der Waals surface area contributed by atoms with Gasteiger partial charge in [-0.05, 0) is 48.6 Å². The molecule has 2 N–H and O–H groups in total. The summed E-state index contributed by atoms with van der Waals surface area (Å²) in [6.45, 7) is 4.12. The second-order valence-electron chi connectivity index (χ2n) is 7.55. The summed E-state index contributed by atoms with van der Waals surface area (Å²) >= 11 is 0. The minimum Gasteiger partial charge on any atom is -1.00 e. The predicted octanol–water partition coefficient (Wildman–Crippen LogP) is 1.40. The summed E-state index contributed by atoms with van der Waals surface area (Å²) in [5.74, 6) is 0.171. The Labute approximate surface area is 189 Å². The van der Waals surface area contributed by atoms with Crippen molar-refractivity contribution in [2.75, 3.05) is 6.61 Å². The third kappa shape index (κ3) is 3.53. The van der Waals surface area contributed by atoms with Gasteiger partial charge in [0.05, 0.1) is 10.9 Å². The number of nitrogens with zero attached hydrogens (tertiary/aromatic N) is 1. The van der Waals surface area contributed by atoms with Crippen LogP contribution in [-0.4, -0.2) is 22.5 Å². The minimum absolute atomic E-state index is 0. The van der Waals surface area contributed by atoms with Crippen LogP contribution in [-0.2, 0) is 0 Å². The number of fused-ring (bicyclic) bond motifs is 4. The third-order valence-electron chi connectivity index (χ3n) is 5.72. The van der Waals surface area contributed by atoms with Crippen molar-refractivity contribution in [3.8, 4) is 5.75 Å². The van der Waals surface area contributed by atoms with Crippen LogP contribution in [0.3, 0.4) is 0 Å². The number of carbonyl (C=O) groups is 1. The molecule has 0 saturated carbocycles. The highest BCUT2D eigenvalue weighted by atomic mass is 79.9. The summed E-state index contributed by atoms with van der Waals surface area (Å²) in [6, 6.07) is 16.5. The lowest BCUT2D eigenvalue weighted by atomic mass is 9.97. The molecule has 156 valence electrons. The maximum Gasteiger partial charge on any atom is 0.230 e. The van der Waals surface area contributed by atoms with E-state index in [-0.39, 0.29) is 35.1 Å². The number of H-pyrrole nitrogens is 1. The fraction of sp³-hybridized carbons (Fsp3) is 0.120. The Balaban J connectivity index is 0.00000231. The number of aromatic hydroxyl groups is 1. The van der Waals surface area contributed by atoms with Crippen LogP contribution in [0.15, 0.2) is 67.0 Å². The average molecular weight is 477 g/mol. The molecule has 3 aromatic carbocycles. The Hall–Kier alpha value is -3.38. The largest absolute Gasteiger partial charge is 1.00 e. The number of nitrogens with one attached hydrogen (secondary N) is 1. The van der Waals surface area contributed by atoms with Crippen molar-refractivity contribution in [1.29, 1.82) is 0 Å². The molecule has 0 bridgehead atoms. The second-order valence-corrected chi connectivity index (χ2v) is 7.55. The maximum atomic E-state index is 12.4. The SMILES string of the molecule is Cc1c2cc[n+](OCC(=O)c3ccccc3)cc2c(C)c2c1[nH]c1ccc(O)cc12.[Br-]. The Bertz CT molecular complexity index is 1440. The summed E-state index contributed by atoms with van der Waals surface area (Å²) in [4.78, 5) is 21.6. The predicted molar refractivity (Wildman–Crippen MR) is 117 cm³/mol. The van der Waals surface area contributed by atoms with E-state index in [1.165, 1.54) is 0 Å². The molecule has 0 aliphatic heterocycles. The van der Waals surface area contributed by atoms with E-state index < -0.39 is 0 Å². The van der Waals surface area contributed by atoms with E-state index in [0.717, 1.165) is 43.7 Å². The molecule has 31 heavy (non-hydrogen) atoms.